The van der Waals surface area contributed by atoms with Crippen LogP contribution in [0.3, 0.4) is 0 Å². The lowest BCUT2D eigenvalue weighted by atomic mass is 9.98. The van der Waals surface area contributed by atoms with Crippen LogP contribution >= 0.6 is 0 Å². The predicted molar refractivity (Wildman–Crippen MR) is 88.9 cm³/mol. The molecule has 1 aromatic carbocycles. The fourth-order valence-electron chi connectivity index (χ4n) is 2.81. The van der Waals surface area contributed by atoms with Crippen LogP contribution < -0.4 is 10.6 Å². The summed E-state index contributed by atoms with van der Waals surface area (Å²) in [5, 5.41) is 9.68. The zero-order valence-electron chi connectivity index (χ0n) is 12.6. The largest absolute Gasteiger partial charge is 0.289 e. The molecule has 0 unspecified atom stereocenters. The Morgan fingerprint density at radius 1 is 1.36 bits per heavy atom. The van der Waals surface area contributed by atoms with E-state index >= 15 is 0 Å². The van der Waals surface area contributed by atoms with E-state index in [0.717, 1.165) is 23.9 Å². The van der Waals surface area contributed by atoms with Crippen molar-refractivity contribution in [1.82, 2.24) is 10.2 Å². The number of nitrogens with one attached hydrogen (secondary N) is 1. The molecule has 3 heteroatoms. The molecule has 0 aliphatic heterocycles. The highest BCUT2D eigenvalue weighted by Gasteiger charge is 2.08. The highest BCUT2D eigenvalue weighted by molar-refractivity contribution is 6.04. The number of hydrogen-bond acceptors (Lipinski definition) is 2. The van der Waals surface area contributed by atoms with Crippen molar-refractivity contribution in [2.45, 2.75) is 19.8 Å². The number of nitrogens with zero attached hydrogens (tertiary/aromatic N) is 1. The van der Waals surface area contributed by atoms with Gasteiger partial charge in [-0.05, 0) is 37.5 Å². The number of fused-ring (bicyclic) bond motifs is 1. The van der Waals surface area contributed by atoms with Crippen molar-refractivity contribution in [2.24, 2.45) is 0 Å². The average Bonchev–Trinajstić information content (AvgIpc) is 2.78. The number of aromatic nitrogens is 2. The molecule has 0 bridgehead atoms. The van der Waals surface area contributed by atoms with E-state index in [4.69, 9.17) is 0 Å². The second-order valence-electron chi connectivity index (χ2n) is 5.44. The van der Waals surface area contributed by atoms with Crippen LogP contribution in [-0.2, 0) is 6.42 Å². The summed E-state index contributed by atoms with van der Waals surface area (Å²) in [6.07, 6.45) is 9.41. The Morgan fingerprint density at radius 3 is 2.86 bits per heavy atom. The van der Waals surface area contributed by atoms with Gasteiger partial charge < -0.3 is 0 Å². The van der Waals surface area contributed by atoms with E-state index in [1.165, 1.54) is 22.4 Å². The quantitative estimate of drug-likeness (QED) is 0.693. The summed E-state index contributed by atoms with van der Waals surface area (Å²) in [5.41, 5.74) is 4.24. The average molecular weight is 290 g/mol. The van der Waals surface area contributed by atoms with Gasteiger partial charge in [0.05, 0.1) is 11.0 Å². The van der Waals surface area contributed by atoms with E-state index in [1.807, 2.05) is 31.2 Å². The van der Waals surface area contributed by atoms with Gasteiger partial charge in [-0.25, -0.2) is 0 Å². The molecule has 0 radical (unpaired) electrons. The third kappa shape index (κ3) is 2.70. The number of carbonyl (C=O) groups excluding carboxylic acids is 1. The zero-order chi connectivity index (χ0) is 15.5. The van der Waals surface area contributed by atoms with Crippen molar-refractivity contribution >= 4 is 17.4 Å². The van der Waals surface area contributed by atoms with Crippen molar-refractivity contribution in [3.8, 4) is 0 Å². The molecule has 0 spiro atoms. The lowest BCUT2D eigenvalue weighted by Gasteiger charge is -2.06. The Kier molecular flexibility index (Phi) is 3.88. The highest BCUT2D eigenvalue weighted by Crippen LogP contribution is 2.14. The Balaban J connectivity index is 1.97. The first-order valence-electron chi connectivity index (χ1n) is 7.34. The number of benzene rings is 1. The monoisotopic (exact) mass is 290 g/mol. The van der Waals surface area contributed by atoms with Crippen molar-refractivity contribution in [2.75, 3.05) is 0 Å². The molecule has 1 N–H and O–H groups in total. The van der Waals surface area contributed by atoms with Gasteiger partial charge in [0.1, 0.15) is 0 Å². The van der Waals surface area contributed by atoms with Crippen LogP contribution in [0, 0.1) is 6.92 Å². The Bertz CT molecular complexity index is 867. The zero-order valence-corrected chi connectivity index (χ0v) is 12.6. The maximum atomic E-state index is 11.6. The van der Waals surface area contributed by atoms with Gasteiger partial charge in [0.25, 0.3) is 0 Å². The van der Waals surface area contributed by atoms with Gasteiger partial charge in [-0.2, -0.15) is 5.10 Å². The molecule has 3 nitrogen and oxygen atoms in total. The van der Waals surface area contributed by atoms with Gasteiger partial charge >= 0.3 is 0 Å². The first kappa shape index (κ1) is 14.3. The number of carbonyl (C=O) groups is 1. The Labute approximate surface area is 129 Å². The van der Waals surface area contributed by atoms with Gasteiger partial charge in [-0.1, -0.05) is 48.6 Å². The summed E-state index contributed by atoms with van der Waals surface area (Å²) in [6, 6.07) is 7.75. The minimum atomic E-state index is -0.0424. The normalized spacial score (nSPS) is 13.2. The second kappa shape index (κ2) is 5.98. The van der Waals surface area contributed by atoms with Crippen LogP contribution in [0.5, 0.6) is 0 Å². The molecule has 0 atom stereocenters. The summed E-state index contributed by atoms with van der Waals surface area (Å²) in [4.78, 5) is 11.6. The second-order valence-corrected chi connectivity index (χ2v) is 5.44. The fraction of sp³-hybridized carbons (Fsp3) is 0.158. The minimum absolute atomic E-state index is 0.0424. The number of hydrogen-bond donors (Lipinski definition) is 1. The molecule has 1 heterocycles. The molecular weight excluding hydrogens is 272 g/mol. The van der Waals surface area contributed by atoms with E-state index in [1.54, 1.807) is 0 Å². The Hall–Kier alpha value is -2.68. The maximum absolute atomic E-state index is 11.6. The molecule has 0 amide bonds. The molecule has 0 fully saturated rings. The molecule has 22 heavy (non-hydrogen) atoms. The molecule has 1 aromatic heterocycles. The first-order chi connectivity index (χ1) is 10.7. The van der Waals surface area contributed by atoms with Crippen LogP contribution in [-0.4, -0.2) is 16.0 Å². The third-order valence-corrected chi connectivity index (χ3v) is 3.93. The fourth-order valence-corrected chi connectivity index (χ4v) is 2.81. The summed E-state index contributed by atoms with van der Waals surface area (Å²) in [5.74, 6) is -0.0424. The lowest BCUT2D eigenvalue weighted by Crippen LogP contribution is -2.26. The standard InChI is InChI=1S/C19H18N2O/c1-3-18(22)15-10-8-14(9-11-15)12-16-6-4-5-7-17-19(16)13(2)20-21-17/h3-5,7-11,21H,1,6,12H2,2H3. The highest BCUT2D eigenvalue weighted by atomic mass is 16.1. The van der Waals surface area contributed by atoms with Gasteiger partial charge in [-0.15, -0.1) is 0 Å². The summed E-state index contributed by atoms with van der Waals surface area (Å²) in [6.45, 7) is 5.55. The molecule has 1 aliphatic carbocycles. The van der Waals surface area contributed by atoms with Gasteiger partial charge in [0.15, 0.2) is 5.78 Å². The molecule has 0 saturated heterocycles. The van der Waals surface area contributed by atoms with E-state index in [0.29, 0.717) is 5.56 Å². The number of allylic oxidation sites excluding steroid dienone is 3. The molecule has 110 valence electrons. The van der Waals surface area contributed by atoms with Crippen LogP contribution in [0.15, 0.2) is 49.1 Å². The number of ketones is 1. The smallest absolute Gasteiger partial charge is 0.185 e. The number of aromatic amines is 1. The van der Waals surface area contributed by atoms with Crippen molar-refractivity contribution in [1.29, 1.82) is 0 Å². The van der Waals surface area contributed by atoms with Crippen molar-refractivity contribution in [3.63, 3.8) is 0 Å². The van der Waals surface area contributed by atoms with Crippen LogP contribution in [0.4, 0.5) is 0 Å². The van der Waals surface area contributed by atoms with Crippen molar-refractivity contribution < 1.29 is 4.79 Å². The first-order valence-corrected chi connectivity index (χ1v) is 7.34. The molecular formula is C19H18N2O. The molecule has 1 aliphatic rings. The number of aryl methyl sites for hydroxylation is 1. The van der Waals surface area contributed by atoms with E-state index in [-0.39, 0.29) is 5.78 Å². The van der Waals surface area contributed by atoms with E-state index < -0.39 is 0 Å². The predicted octanol–water partition coefficient (Wildman–Crippen LogP) is 2.22. The van der Waals surface area contributed by atoms with E-state index in [9.17, 15) is 4.79 Å². The van der Waals surface area contributed by atoms with Crippen molar-refractivity contribution in [3.05, 3.63) is 76.5 Å². The molecule has 3 rings (SSSR count). The summed E-state index contributed by atoms with van der Waals surface area (Å²) in [7, 11) is 0. The van der Waals surface area contributed by atoms with Gasteiger partial charge in [0.2, 0.25) is 0 Å². The molecule has 0 saturated carbocycles. The van der Waals surface area contributed by atoms with Gasteiger partial charge in [-0.3, -0.25) is 9.89 Å². The molecule has 2 aromatic rings. The summed E-state index contributed by atoms with van der Waals surface area (Å²) < 4.78 is 0. The maximum Gasteiger partial charge on any atom is 0.185 e. The van der Waals surface area contributed by atoms with Crippen LogP contribution in [0.25, 0.3) is 11.6 Å². The van der Waals surface area contributed by atoms with Crippen LogP contribution in [0.2, 0.25) is 0 Å². The topological polar surface area (TPSA) is 45.8 Å². The third-order valence-electron chi connectivity index (χ3n) is 3.93. The summed E-state index contributed by atoms with van der Waals surface area (Å²) >= 11 is 0. The van der Waals surface area contributed by atoms with E-state index in [2.05, 4.69) is 35.0 Å². The number of H-pyrrole nitrogens is 1. The SMILES string of the molecule is C=CC(=O)c1ccc(CC2=c3c(C)n[nH]c3=CC=CC2)cc1. The minimum Gasteiger partial charge on any atom is -0.289 e. The number of rotatable bonds is 4. The van der Waals surface area contributed by atoms with Gasteiger partial charge in [0, 0.05) is 10.8 Å². The van der Waals surface area contributed by atoms with Crippen LogP contribution in [0.1, 0.15) is 28.0 Å². The lowest BCUT2D eigenvalue weighted by molar-refractivity contribution is 0.104. The Morgan fingerprint density at radius 2 is 2.14 bits per heavy atom.